The van der Waals surface area contributed by atoms with Gasteiger partial charge in [-0.3, -0.25) is 14.6 Å². The SMILES string of the molecule is O=C1NCCc2[nH]c(-c3ccnc(-c4ccc(NC(=O)C(Cl)OC(=O)C(F)(F)F)cc4)c3)cc21. The molecular weight excluding hydrogens is 477 g/mol. The molecule has 1 unspecified atom stereocenters. The average molecular weight is 493 g/mol. The van der Waals surface area contributed by atoms with Crippen molar-refractivity contribution in [1.29, 1.82) is 0 Å². The number of H-pyrrole nitrogens is 1. The number of amides is 2. The first-order chi connectivity index (χ1) is 16.1. The molecule has 3 aromatic rings. The summed E-state index contributed by atoms with van der Waals surface area (Å²) in [4.78, 5) is 42.3. The molecule has 3 N–H and O–H groups in total. The summed E-state index contributed by atoms with van der Waals surface area (Å²) in [5.74, 6) is -3.82. The van der Waals surface area contributed by atoms with Gasteiger partial charge in [-0.05, 0) is 30.3 Å². The number of carbonyl (C=O) groups excluding carboxylic acids is 3. The first-order valence-corrected chi connectivity index (χ1v) is 10.3. The van der Waals surface area contributed by atoms with E-state index in [4.69, 9.17) is 11.6 Å². The number of fused-ring (bicyclic) bond motifs is 1. The van der Waals surface area contributed by atoms with Gasteiger partial charge in [-0.25, -0.2) is 4.79 Å². The summed E-state index contributed by atoms with van der Waals surface area (Å²) in [7, 11) is 0. The van der Waals surface area contributed by atoms with Crippen molar-refractivity contribution < 1.29 is 32.3 Å². The number of hydrogen-bond donors (Lipinski definition) is 3. The molecule has 0 fully saturated rings. The van der Waals surface area contributed by atoms with Crippen LogP contribution >= 0.6 is 11.6 Å². The van der Waals surface area contributed by atoms with Gasteiger partial charge in [0.25, 0.3) is 17.4 Å². The number of alkyl halides is 4. The smallest absolute Gasteiger partial charge is 0.429 e. The Balaban J connectivity index is 1.46. The summed E-state index contributed by atoms with van der Waals surface area (Å²) in [5, 5.41) is 5.07. The van der Waals surface area contributed by atoms with Crippen LogP contribution in [-0.4, -0.2) is 46.0 Å². The molecule has 1 atom stereocenters. The van der Waals surface area contributed by atoms with Crippen LogP contribution in [0.25, 0.3) is 22.5 Å². The second kappa shape index (κ2) is 9.18. The molecule has 0 radical (unpaired) electrons. The van der Waals surface area contributed by atoms with Crippen molar-refractivity contribution >= 4 is 35.1 Å². The van der Waals surface area contributed by atoms with Crippen molar-refractivity contribution in [3.63, 3.8) is 0 Å². The number of aromatic nitrogens is 2. The van der Waals surface area contributed by atoms with E-state index in [0.717, 1.165) is 17.0 Å². The van der Waals surface area contributed by atoms with Gasteiger partial charge >= 0.3 is 12.1 Å². The third-order valence-electron chi connectivity index (χ3n) is 4.97. The molecule has 8 nitrogen and oxygen atoms in total. The molecule has 2 aromatic heterocycles. The quantitative estimate of drug-likeness (QED) is 0.372. The highest BCUT2D eigenvalue weighted by Gasteiger charge is 2.43. The first-order valence-electron chi connectivity index (χ1n) is 9.91. The van der Waals surface area contributed by atoms with E-state index in [1.165, 1.54) is 12.1 Å². The van der Waals surface area contributed by atoms with Crippen LogP contribution in [0.2, 0.25) is 0 Å². The van der Waals surface area contributed by atoms with Crippen molar-refractivity contribution in [3.8, 4) is 22.5 Å². The van der Waals surface area contributed by atoms with Gasteiger partial charge in [-0.2, -0.15) is 13.2 Å². The molecule has 34 heavy (non-hydrogen) atoms. The van der Waals surface area contributed by atoms with Gasteiger partial charge in [-0.1, -0.05) is 23.7 Å². The number of carbonyl (C=O) groups is 3. The second-order valence-corrected chi connectivity index (χ2v) is 7.69. The minimum absolute atomic E-state index is 0.122. The number of hydrogen-bond acceptors (Lipinski definition) is 5. The van der Waals surface area contributed by atoms with Crippen LogP contribution in [0.3, 0.4) is 0 Å². The largest absolute Gasteiger partial charge is 0.490 e. The standard InChI is InChI=1S/C22H16ClF3N4O4/c23-18(34-21(33)22(24,25)26)20(32)29-13-3-1-11(2-4-13)16-9-12(5-7-27-16)17-10-14-15(30-17)6-8-28-19(14)31/h1-5,7,9-10,18,30H,6,8H2,(H,28,31)(H,29,32). The van der Waals surface area contributed by atoms with Crippen LogP contribution in [0.1, 0.15) is 16.1 Å². The summed E-state index contributed by atoms with van der Waals surface area (Å²) in [5.41, 5.74) is 2.45. The lowest BCUT2D eigenvalue weighted by atomic mass is 10.1. The fourth-order valence-electron chi connectivity index (χ4n) is 3.34. The van der Waals surface area contributed by atoms with Crippen molar-refractivity contribution in [2.45, 2.75) is 18.2 Å². The number of ether oxygens (including phenoxy) is 1. The van der Waals surface area contributed by atoms with E-state index < -0.39 is 23.6 Å². The molecule has 12 heteroatoms. The minimum Gasteiger partial charge on any atom is -0.429 e. The zero-order valence-corrected chi connectivity index (χ0v) is 18.0. The Morgan fingerprint density at radius 1 is 1.12 bits per heavy atom. The lowest BCUT2D eigenvalue weighted by Crippen LogP contribution is -2.34. The van der Waals surface area contributed by atoms with E-state index in [-0.39, 0.29) is 11.6 Å². The van der Waals surface area contributed by atoms with Gasteiger partial charge < -0.3 is 20.4 Å². The van der Waals surface area contributed by atoms with E-state index in [1.807, 2.05) is 6.07 Å². The fraction of sp³-hybridized carbons (Fsp3) is 0.182. The van der Waals surface area contributed by atoms with Crippen LogP contribution in [0, 0.1) is 0 Å². The lowest BCUT2D eigenvalue weighted by Gasteiger charge is -2.13. The number of halogens is 4. The Morgan fingerprint density at radius 2 is 1.85 bits per heavy atom. The number of pyridine rings is 1. The lowest BCUT2D eigenvalue weighted by molar-refractivity contribution is -0.201. The van der Waals surface area contributed by atoms with Crippen LogP contribution in [0.5, 0.6) is 0 Å². The van der Waals surface area contributed by atoms with E-state index in [1.54, 1.807) is 30.5 Å². The van der Waals surface area contributed by atoms with E-state index >= 15 is 0 Å². The Bertz CT molecular complexity index is 1260. The number of esters is 1. The topological polar surface area (TPSA) is 113 Å². The van der Waals surface area contributed by atoms with Crippen molar-refractivity contribution in [1.82, 2.24) is 15.3 Å². The van der Waals surface area contributed by atoms with Crippen LogP contribution in [0.4, 0.5) is 18.9 Å². The van der Waals surface area contributed by atoms with Gasteiger partial charge in [0.2, 0.25) is 0 Å². The van der Waals surface area contributed by atoms with Gasteiger partial charge in [-0.15, -0.1) is 0 Å². The molecule has 1 aliphatic rings. The Hall–Kier alpha value is -3.86. The van der Waals surface area contributed by atoms with Crippen LogP contribution in [-0.2, 0) is 20.7 Å². The van der Waals surface area contributed by atoms with Gasteiger partial charge in [0.05, 0.1) is 11.3 Å². The molecule has 176 valence electrons. The van der Waals surface area contributed by atoms with E-state index in [2.05, 4.69) is 25.3 Å². The maximum absolute atomic E-state index is 12.2. The highest BCUT2D eigenvalue weighted by atomic mass is 35.5. The van der Waals surface area contributed by atoms with Crippen molar-refractivity contribution in [2.75, 3.05) is 11.9 Å². The molecule has 0 spiro atoms. The molecule has 4 rings (SSSR count). The molecule has 1 aromatic carbocycles. The molecule has 3 heterocycles. The minimum atomic E-state index is -5.26. The number of aromatic amines is 1. The zero-order valence-electron chi connectivity index (χ0n) is 17.2. The highest BCUT2D eigenvalue weighted by Crippen LogP contribution is 2.28. The maximum atomic E-state index is 12.2. The van der Waals surface area contributed by atoms with Crippen molar-refractivity contribution in [2.24, 2.45) is 0 Å². The third kappa shape index (κ3) is 5.04. The van der Waals surface area contributed by atoms with Crippen molar-refractivity contribution in [3.05, 3.63) is 59.9 Å². The summed E-state index contributed by atoms with van der Waals surface area (Å²) in [6.45, 7) is 0.575. The van der Waals surface area contributed by atoms with Gasteiger partial charge in [0, 0.05) is 47.4 Å². The van der Waals surface area contributed by atoms with Crippen LogP contribution < -0.4 is 10.6 Å². The Kier molecular flexibility index (Phi) is 6.29. The highest BCUT2D eigenvalue weighted by molar-refractivity contribution is 6.32. The number of nitrogens with one attached hydrogen (secondary N) is 3. The number of rotatable bonds is 5. The van der Waals surface area contributed by atoms with Crippen LogP contribution in [0.15, 0.2) is 48.7 Å². The summed E-state index contributed by atoms with van der Waals surface area (Å²) >= 11 is 5.44. The second-order valence-electron chi connectivity index (χ2n) is 7.30. The van der Waals surface area contributed by atoms with E-state index in [9.17, 15) is 27.6 Å². The normalized spacial score (nSPS) is 14.1. The molecule has 0 bridgehead atoms. The Morgan fingerprint density at radius 3 is 2.53 bits per heavy atom. The number of anilines is 1. The average Bonchev–Trinajstić information content (AvgIpc) is 3.25. The van der Waals surface area contributed by atoms with Gasteiger partial charge in [0.1, 0.15) is 0 Å². The predicted molar refractivity (Wildman–Crippen MR) is 116 cm³/mol. The molecule has 0 saturated carbocycles. The summed E-state index contributed by atoms with van der Waals surface area (Å²) in [6, 6.07) is 11.7. The first kappa shape index (κ1) is 23.3. The summed E-state index contributed by atoms with van der Waals surface area (Å²) in [6.07, 6.45) is -2.93. The fourth-order valence-corrected chi connectivity index (χ4v) is 3.48. The third-order valence-corrected chi connectivity index (χ3v) is 5.26. The number of nitrogens with zero attached hydrogens (tertiary/aromatic N) is 1. The zero-order chi connectivity index (χ0) is 24.5. The van der Waals surface area contributed by atoms with Gasteiger partial charge in [0.15, 0.2) is 0 Å². The maximum Gasteiger partial charge on any atom is 0.490 e. The number of benzene rings is 1. The summed E-state index contributed by atoms with van der Waals surface area (Å²) < 4.78 is 40.6. The Labute approximate surface area is 195 Å². The predicted octanol–water partition coefficient (Wildman–Crippen LogP) is 3.64. The molecule has 2 amide bonds. The molecule has 0 aliphatic carbocycles. The monoisotopic (exact) mass is 492 g/mol. The van der Waals surface area contributed by atoms with E-state index in [0.29, 0.717) is 29.8 Å². The molecule has 1 aliphatic heterocycles. The molecular formula is C22H16ClF3N4O4. The molecule has 0 saturated heterocycles.